The summed E-state index contributed by atoms with van der Waals surface area (Å²) in [6.07, 6.45) is 5.57. The number of nitrogens with zero attached hydrogens (tertiary/aromatic N) is 1. The highest BCUT2D eigenvalue weighted by molar-refractivity contribution is 6.41. The molecule has 0 atom stereocenters. The number of hydrogen-bond donors (Lipinski definition) is 0. The lowest BCUT2D eigenvalue weighted by atomic mass is 10.1. The Morgan fingerprint density at radius 2 is 1.72 bits per heavy atom. The average molecular weight is 301 g/mol. The van der Waals surface area contributed by atoms with E-state index in [1.165, 1.54) is 24.8 Å². The molecule has 3 rings (SSSR count). The van der Waals surface area contributed by atoms with Crippen LogP contribution < -0.4 is 0 Å². The van der Waals surface area contributed by atoms with E-state index in [2.05, 4.69) is 0 Å². The van der Waals surface area contributed by atoms with E-state index >= 15 is 0 Å². The predicted octanol–water partition coefficient (Wildman–Crippen LogP) is 5.46. The molecule has 1 aromatic heterocycles. The Labute approximate surface area is 121 Å². The molecule has 0 N–H and O–H groups in total. The maximum absolute atomic E-state index is 6.52. The lowest BCUT2D eigenvalue weighted by Crippen LogP contribution is -1.98. The largest absolute Gasteiger partial charge is 0.251 e. The zero-order chi connectivity index (χ0) is 12.7. The summed E-state index contributed by atoms with van der Waals surface area (Å²) in [5.41, 5.74) is 3.06. The first kappa shape index (κ1) is 12.5. The number of hydrogen-bond acceptors (Lipinski definition) is 1. The SMILES string of the molecule is Clc1cc(Cl)c2nc3c(c(Cl)c2c1)CCCCC3. The van der Waals surface area contributed by atoms with Gasteiger partial charge >= 0.3 is 0 Å². The van der Waals surface area contributed by atoms with Gasteiger partial charge in [0.15, 0.2) is 0 Å². The number of aryl methyl sites for hydroxylation is 1. The van der Waals surface area contributed by atoms with Gasteiger partial charge in [-0.05, 0) is 43.4 Å². The molecule has 1 aliphatic rings. The van der Waals surface area contributed by atoms with Crippen LogP contribution in [0, 0.1) is 0 Å². The van der Waals surface area contributed by atoms with Crippen molar-refractivity contribution < 1.29 is 0 Å². The van der Waals surface area contributed by atoms with Gasteiger partial charge < -0.3 is 0 Å². The van der Waals surface area contributed by atoms with E-state index < -0.39 is 0 Å². The standard InChI is InChI=1S/C14H12Cl3N/c15-8-6-10-13(17)9-4-2-1-3-5-12(9)18-14(10)11(16)7-8/h6-7H,1-5H2. The molecule has 1 heterocycles. The molecule has 0 aliphatic heterocycles. The molecular formula is C14H12Cl3N. The molecule has 1 aromatic carbocycles. The van der Waals surface area contributed by atoms with Crippen LogP contribution in [0.25, 0.3) is 10.9 Å². The summed E-state index contributed by atoms with van der Waals surface area (Å²) >= 11 is 18.8. The highest BCUT2D eigenvalue weighted by Crippen LogP contribution is 2.36. The molecule has 0 radical (unpaired) electrons. The fraction of sp³-hybridized carbons (Fsp3) is 0.357. The quantitative estimate of drug-likeness (QED) is 0.588. The molecule has 94 valence electrons. The number of benzene rings is 1. The summed E-state index contributed by atoms with van der Waals surface area (Å²) < 4.78 is 0. The molecule has 1 nitrogen and oxygen atoms in total. The Bertz CT molecular complexity index is 622. The highest BCUT2D eigenvalue weighted by Gasteiger charge is 2.17. The van der Waals surface area contributed by atoms with E-state index in [-0.39, 0.29) is 0 Å². The Morgan fingerprint density at radius 1 is 0.944 bits per heavy atom. The third-order valence-electron chi connectivity index (χ3n) is 3.47. The van der Waals surface area contributed by atoms with Crippen LogP contribution in [0.4, 0.5) is 0 Å². The van der Waals surface area contributed by atoms with Crippen molar-refractivity contribution in [1.82, 2.24) is 4.98 Å². The maximum Gasteiger partial charge on any atom is 0.0907 e. The Hall–Kier alpha value is -0.500. The fourth-order valence-electron chi connectivity index (χ4n) is 2.57. The van der Waals surface area contributed by atoms with E-state index in [0.29, 0.717) is 10.0 Å². The van der Waals surface area contributed by atoms with Crippen LogP contribution in [0.1, 0.15) is 30.5 Å². The molecule has 2 aromatic rings. The summed E-state index contributed by atoms with van der Waals surface area (Å²) in [5.74, 6) is 0. The lowest BCUT2D eigenvalue weighted by Gasteiger charge is -2.12. The first-order valence-corrected chi connectivity index (χ1v) is 7.26. The van der Waals surface area contributed by atoms with Gasteiger partial charge in [0.05, 0.1) is 15.6 Å². The molecule has 18 heavy (non-hydrogen) atoms. The van der Waals surface area contributed by atoms with Gasteiger partial charge in [0.25, 0.3) is 0 Å². The molecule has 0 amide bonds. The van der Waals surface area contributed by atoms with Gasteiger partial charge in [0, 0.05) is 16.1 Å². The molecule has 0 spiro atoms. The minimum absolute atomic E-state index is 0.575. The second-order valence-corrected chi connectivity index (χ2v) is 5.92. The molecule has 4 heteroatoms. The van der Waals surface area contributed by atoms with Crippen molar-refractivity contribution in [3.8, 4) is 0 Å². The van der Waals surface area contributed by atoms with Crippen LogP contribution in [-0.2, 0) is 12.8 Å². The van der Waals surface area contributed by atoms with Gasteiger partial charge in [-0.2, -0.15) is 0 Å². The zero-order valence-electron chi connectivity index (χ0n) is 9.77. The minimum atomic E-state index is 0.575. The Kier molecular flexibility index (Phi) is 3.40. The first-order chi connectivity index (χ1) is 8.66. The molecule has 0 fully saturated rings. The number of aromatic nitrogens is 1. The minimum Gasteiger partial charge on any atom is -0.251 e. The van der Waals surface area contributed by atoms with Crippen molar-refractivity contribution in [2.45, 2.75) is 32.1 Å². The van der Waals surface area contributed by atoms with Gasteiger partial charge in [0.1, 0.15) is 0 Å². The van der Waals surface area contributed by atoms with Crippen LogP contribution in [0.2, 0.25) is 15.1 Å². The van der Waals surface area contributed by atoms with Crippen LogP contribution in [0.3, 0.4) is 0 Å². The molecule has 0 saturated heterocycles. The number of halogens is 3. The Morgan fingerprint density at radius 3 is 2.56 bits per heavy atom. The molecular weight excluding hydrogens is 289 g/mol. The average Bonchev–Trinajstić information content (AvgIpc) is 2.56. The van der Waals surface area contributed by atoms with Gasteiger partial charge in [-0.15, -0.1) is 0 Å². The van der Waals surface area contributed by atoms with Crippen LogP contribution in [0.15, 0.2) is 12.1 Å². The van der Waals surface area contributed by atoms with E-state index in [1.807, 2.05) is 6.07 Å². The summed E-state index contributed by atoms with van der Waals surface area (Å²) in [7, 11) is 0. The third-order valence-corrected chi connectivity index (χ3v) is 4.40. The number of rotatable bonds is 0. The number of fused-ring (bicyclic) bond motifs is 2. The lowest BCUT2D eigenvalue weighted by molar-refractivity contribution is 0.709. The van der Waals surface area contributed by atoms with Crippen LogP contribution >= 0.6 is 34.8 Å². The van der Waals surface area contributed by atoms with Crippen molar-refractivity contribution in [1.29, 1.82) is 0 Å². The van der Waals surface area contributed by atoms with Crippen molar-refractivity contribution in [2.75, 3.05) is 0 Å². The topological polar surface area (TPSA) is 12.9 Å². The van der Waals surface area contributed by atoms with Crippen LogP contribution in [0.5, 0.6) is 0 Å². The molecule has 0 bridgehead atoms. The summed E-state index contributed by atoms with van der Waals surface area (Å²) in [5, 5.41) is 2.83. The highest BCUT2D eigenvalue weighted by atomic mass is 35.5. The molecule has 0 unspecified atom stereocenters. The van der Waals surface area contributed by atoms with E-state index in [0.717, 1.165) is 34.5 Å². The van der Waals surface area contributed by atoms with Gasteiger partial charge in [-0.25, -0.2) is 0 Å². The van der Waals surface area contributed by atoms with E-state index in [4.69, 9.17) is 39.8 Å². The van der Waals surface area contributed by atoms with Crippen molar-refractivity contribution in [2.24, 2.45) is 0 Å². The normalized spacial score (nSPS) is 15.5. The summed E-state index contributed by atoms with van der Waals surface area (Å²) in [4.78, 5) is 4.70. The van der Waals surface area contributed by atoms with Crippen LogP contribution in [-0.4, -0.2) is 4.98 Å². The second-order valence-electron chi connectivity index (χ2n) is 4.70. The Balaban J connectivity index is 2.34. The summed E-state index contributed by atoms with van der Waals surface area (Å²) in [6, 6.07) is 3.57. The van der Waals surface area contributed by atoms with Gasteiger partial charge in [-0.3, -0.25) is 4.98 Å². The predicted molar refractivity (Wildman–Crippen MR) is 78.0 cm³/mol. The monoisotopic (exact) mass is 299 g/mol. The fourth-order valence-corrected chi connectivity index (χ4v) is 3.45. The second kappa shape index (κ2) is 4.88. The van der Waals surface area contributed by atoms with Crippen molar-refractivity contribution in [3.05, 3.63) is 38.5 Å². The van der Waals surface area contributed by atoms with E-state index in [9.17, 15) is 0 Å². The van der Waals surface area contributed by atoms with Crippen molar-refractivity contribution in [3.63, 3.8) is 0 Å². The summed E-state index contributed by atoms with van der Waals surface area (Å²) in [6.45, 7) is 0. The zero-order valence-corrected chi connectivity index (χ0v) is 12.0. The third kappa shape index (κ3) is 2.09. The smallest absolute Gasteiger partial charge is 0.0907 e. The van der Waals surface area contributed by atoms with E-state index in [1.54, 1.807) is 6.07 Å². The molecule has 1 aliphatic carbocycles. The maximum atomic E-state index is 6.52. The number of pyridine rings is 1. The van der Waals surface area contributed by atoms with Gasteiger partial charge in [0.2, 0.25) is 0 Å². The van der Waals surface area contributed by atoms with Gasteiger partial charge in [-0.1, -0.05) is 41.2 Å². The first-order valence-electron chi connectivity index (χ1n) is 6.13. The molecule has 0 saturated carbocycles. The van der Waals surface area contributed by atoms with Crippen molar-refractivity contribution >= 4 is 45.7 Å².